The third-order valence-corrected chi connectivity index (χ3v) is 3.82. The number of anilines is 1. The zero-order valence-corrected chi connectivity index (χ0v) is 12.4. The van der Waals surface area contributed by atoms with Gasteiger partial charge in [-0.15, -0.1) is 11.3 Å². The van der Waals surface area contributed by atoms with Crippen molar-refractivity contribution in [2.24, 2.45) is 0 Å². The number of carbonyl (C=O) groups is 2. The molecule has 0 atom stereocenters. The van der Waals surface area contributed by atoms with Crippen LogP contribution in [-0.4, -0.2) is 22.0 Å². The van der Waals surface area contributed by atoms with Crippen LogP contribution in [0, 0.1) is 6.92 Å². The molecule has 0 bridgehead atoms. The Balaban J connectivity index is 2.32. The van der Waals surface area contributed by atoms with Crippen LogP contribution in [0.25, 0.3) is 0 Å². The molecule has 0 radical (unpaired) electrons. The van der Waals surface area contributed by atoms with Crippen LogP contribution in [0.5, 0.6) is 0 Å². The molecule has 2 aromatic rings. The molecule has 1 amide bonds. The summed E-state index contributed by atoms with van der Waals surface area (Å²) in [5.41, 5.74) is -0.0273. The molecule has 2 heterocycles. The molecule has 0 fully saturated rings. The lowest BCUT2D eigenvalue weighted by molar-refractivity contribution is 0.0698. The largest absolute Gasteiger partial charge is 0.478 e. The summed E-state index contributed by atoms with van der Waals surface area (Å²) in [6.45, 7) is 1.75. The number of halogens is 2. The van der Waals surface area contributed by atoms with Gasteiger partial charge in [-0.3, -0.25) is 4.79 Å². The molecule has 104 valence electrons. The first-order valence-electron chi connectivity index (χ1n) is 5.35. The minimum atomic E-state index is -1.12. The minimum absolute atomic E-state index is 0.0269. The van der Waals surface area contributed by atoms with Gasteiger partial charge in [-0.05, 0) is 25.1 Å². The summed E-state index contributed by atoms with van der Waals surface area (Å²) in [5.74, 6) is -1.73. The number of aromatic nitrogens is 1. The predicted molar refractivity (Wildman–Crippen MR) is 78.2 cm³/mol. The summed E-state index contributed by atoms with van der Waals surface area (Å²) in [6.07, 6.45) is 0. The van der Waals surface area contributed by atoms with Gasteiger partial charge in [-0.2, -0.15) is 0 Å². The SMILES string of the molecule is Cc1cc(C(=O)O)c(NC(=O)c2nc(Cl)ccc2Cl)s1. The summed E-state index contributed by atoms with van der Waals surface area (Å²) in [6, 6.07) is 4.39. The Hall–Kier alpha value is -1.63. The number of thiophene rings is 1. The van der Waals surface area contributed by atoms with Crippen molar-refractivity contribution in [1.82, 2.24) is 4.98 Å². The quantitative estimate of drug-likeness (QED) is 0.841. The number of hydrogen-bond donors (Lipinski definition) is 2. The Morgan fingerprint density at radius 1 is 1.35 bits per heavy atom. The van der Waals surface area contributed by atoms with Gasteiger partial charge in [0.1, 0.15) is 15.8 Å². The molecule has 0 saturated carbocycles. The first kappa shape index (κ1) is 14.8. The number of carbonyl (C=O) groups excluding carboxylic acids is 1. The standard InChI is InChI=1S/C12H8Cl2N2O3S/c1-5-4-6(12(18)19)11(20-5)16-10(17)9-7(13)2-3-8(14)15-9/h2-4H,1H3,(H,16,17)(H,18,19). The monoisotopic (exact) mass is 330 g/mol. The molecule has 0 saturated heterocycles. The van der Waals surface area contributed by atoms with E-state index in [2.05, 4.69) is 10.3 Å². The number of rotatable bonds is 3. The van der Waals surface area contributed by atoms with Crippen molar-refractivity contribution in [2.45, 2.75) is 6.92 Å². The van der Waals surface area contributed by atoms with Crippen molar-refractivity contribution >= 4 is 51.4 Å². The van der Waals surface area contributed by atoms with E-state index in [9.17, 15) is 9.59 Å². The molecule has 5 nitrogen and oxygen atoms in total. The van der Waals surface area contributed by atoms with Gasteiger partial charge in [-0.1, -0.05) is 23.2 Å². The fourth-order valence-electron chi connectivity index (χ4n) is 1.51. The molecule has 2 aromatic heterocycles. The van der Waals surface area contributed by atoms with Crippen molar-refractivity contribution in [3.05, 3.63) is 44.5 Å². The van der Waals surface area contributed by atoms with E-state index in [-0.39, 0.29) is 26.4 Å². The van der Waals surface area contributed by atoms with E-state index in [0.717, 1.165) is 16.2 Å². The summed E-state index contributed by atoms with van der Waals surface area (Å²) >= 11 is 12.7. The van der Waals surface area contributed by atoms with Gasteiger partial charge in [0, 0.05) is 4.88 Å². The van der Waals surface area contributed by atoms with E-state index in [1.54, 1.807) is 6.92 Å². The first-order valence-corrected chi connectivity index (χ1v) is 6.93. The van der Waals surface area contributed by atoms with Gasteiger partial charge in [-0.25, -0.2) is 9.78 Å². The van der Waals surface area contributed by atoms with E-state index < -0.39 is 11.9 Å². The molecule has 2 N–H and O–H groups in total. The van der Waals surface area contributed by atoms with Crippen LogP contribution in [-0.2, 0) is 0 Å². The van der Waals surface area contributed by atoms with Crippen molar-refractivity contribution in [1.29, 1.82) is 0 Å². The normalized spacial score (nSPS) is 10.3. The fourth-order valence-corrected chi connectivity index (χ4v) is 2.74. The average Bonchev–Trinajstić information content (AvgIpc) is 2.73. The molecular formula is C12H8Cl2N2O3S. The number of nitrogens with zero attached hydrogens (tertiary/aromatic N) is 1. The first-order chi connectivity index (χ1) is 9.38. The third kappa shape index (κ3) is 3.09. The highest BCUT2D eigenvalue weighted by molar-refractivity contribution is 7.16. The van der Waals surface area contributed by atoms with Crippen LogP contribution < -0.4 is 5.32 Å². The van der Waals surface area contributed by atoms with Crippen LogP contribution in [0.2, 0.25) is 10.2 Å². The van der Waals surface area contributed by atoms with E-state index in [1.165, 1.54) is 18.2 Å². The van der Waals surface area contributed by atoms with Crippen molar-refractivity contribution in [2.75, 3.05) is 5.32 Å². The second-order valence-corrected chi connectivity index (χ2v) is 5.87. The van der Waals surface area contributed by atoms with Crippen LogP contribution in [0.15, 0.2) is 18.2 Å². The number of pyridine rings is 1. The van der Waals surface area contributed by atoms with Crippen molar-refractivity contribution in [3.63, 3.8) is 0 Å². The average molecular weight is 331 g/mol. The smallest absolute Gasteiger partial charge is 0.338 e. The van der Waals surface area contributed by atoms with Crippen LogP contribution in [0.1, 0.15) is 25.7 Å². The lowest BCUT2D eigenvalue weighted by atomic mass is 10.3. The maximum absolute atomic E-state index is 12.1. The molecule has 8 heteroatoms. The van der Waals surface area contributed by atoms with Crippen LogP contribution in [0.3, 0.4) is 0 Å². The molecule has 0 aliphatic heterocycles. The number of hydrogen-bond acceptors (Lipinski definition) is 4. The lowest BCUT2D eigenvalue weighted by Gasteiger charge is -2.05. The van der Waals surface area contributed by atoms with Gasteiger partial charge >= 0.3 is 5.97 Å². The number of aryl methyl sites for hydroxylation is 1. The van der Waals surface area contributed by atoms with Crippen molar-refractivity contribution in [3.8, 4) is 0 Å². The molecule has 0 unspecified atom stereocenters. The highest BCUT2D eigenvalue weighted by Crippen LogP contribution is 2.28. The molecule has 20 heavy (non-hydrogen) atoms. The second kappa shape index (κ2) is 5.78. The molecule has 0 aromatic carbocycles. The van der Waals surface area contributed by atoms with E-state index >= 15 is 0 Å². The zero-order valence-electron chi connectivity index (χ0n) is 10.1. The van der Waals surface area contributed by atoms with E-state index in [1.807, 2.05) is 0 Å². The fraction of sp³-hybridized carbons (Fsp3) is 0.0833. The third-order valence-electron chi connectivity index (χ3n) is 2.34. The number of amides is 1. The Labute approximate surface area is 128 Å². The Kier molecular flexibility index (Phi) is 4.27. The number of aromatic carboxylic acids is 1. The number of nitrogens with one attached hydrogen (secondary N) is 1. The van der Waals surface area contributed by atoms with E-state index in [0.29, 0.717) is 0 Å². The van der Waals surface area contributed by atoms with Gasteiger partial charge < -0.3 is 10.4 Å². The highest BCUT2D eigenvalue weighted by Gasteiger charge is 2.19. The lowest BCUT2D eigenvalue weighted by Crippen LogP contribution is -2.15. The summed E-state index contributed by atoms with van der Waals surface area (Å²) in [5, 5.41) is 12.0. The molecule has 0 spiro atoms. The van der Waals surface area contributed by atoms with Gasteiger partial charge in [0.25, 0.3) is 5.91 Å². The summed E-state index contributed by atoms with van der Waals surface area (Å²) in [7, 11) is 0. The topological polar surface area (TPSA) is 79.3 Å². The Morgan fingerprint density at radius 3 is 2.70 bits per heavy atom. The molecular weight excluding hydrogens is 323 g/mol. The summed E-state index contributed by atoms with van der Waals surface area (Å²) in [4.78, 5) is 27.7. The molecule has 0 aliphatic rings. The maximum atomic E-state index is 12.1. The van der Waals surface area contributed by atoms with Gasteiger partial charge in [0.2, 0.25) is 0 Å². The second-order valence-electron chi connectivity index (χ2n) is 3.82. The number of carboxylic acid groups (broad SMARTS) is 1. The maximum Gasteiger partial charge on any atom is 0.338 e. The van der Waals surface area contributed by atoms with E-state index in [4.69, 9.17) is 28.3 Å². The highest BCUT2D eigenvalue weighted by atomic mass is 35.5. The predicted octanol–water partition coefficient (Wildman–Crippen LogP) is 3.71. The number of carboxylic acids is 1. The Bertz CT molecular complexity index is 700. The van der Waals surface area contributed by atoms with Gasteiger partial charge in [0.15, 0.2) is 0 Å². The van der Waals surface area contributed by atoms with Crippen molar-refractivity contribution < 1.29 is 14.7 Å². The molecule has 2 rings (SSSR count). The Morgan fingerprint density at radius 2 is 2.05 bits per heavy atom. The molecule has 0 aliphatic carbocycles. The zero-order chi connectivity index (χ0) is 14.9. The van der Waals surface area contributed by atoms with Gasteiger partial charge in [0.05, 0.1) is 10.6 Å². The van der Waals surface area contributed by atoms with Crippen LogP contribution in [0.4, 0.5) is 5.00 Å². The van der Waals surface area contributed by atoms with Crippen LogP contribution >= 0.6 is 34.5 Å². The minimum Gasteiger partial charge on any atom is -0.478 e. The summed E-state index contributed by atoms with van der Waals surface area (Å²) < 4.78 is 0.